The van der Waals surface area contributed by atoms with Crippen molar-refractivity contribution in [2.45, 2.75) is 6.42 Å². The summed E-state index contributed by atoms with van der Waals surface area (Å²) in [5, 5.41) is 0. The number of hydrogen-bond donors (Lipinski definition) is 0. The van der Waals surface area contributed by atoms with Gasteiger partial charge in [-0.3, -0.25) is 0 Å². The zero-order valence-electron chi connectivity index (χ0n) is 8.47. The largest absolute Gasteiger partial charge is 0.465 e. The average Bonchev–Trinajstić information content (AvgIpc) is 2.29. The first-order chi connectivity index (χ1) is 7.27. The quantitative estimate of drug-likeness (QED) is 0.557. The van der Waals surface area contributed by atoms with E-state index in [1.54, 1.807) is 30.4 Å². The standard InChI is InChI=1S/C12H12O3/c1-15-12(14)11-7-4-6-10(9-11)5-2-3-8-13/h2,4-9H,3H2,1H3. The van der Waals surface area contributed by atoms with Crippen molar-refractivity contribution in [2.75, 3.05) is 7.11 Å². The van der Waals surface area contributed by atoms with Crippen molar-refractivity contribution in [3.8, 4) is 0 Å². The maximum Gasteiger partial charge on any atom is 0.337 e. The molecule has 0 aromatic heterocycles. The van der Waals surface area contributed by atoms with Crippen molar-refractivity contribution in [3.05, 3.63) is 41.5 Å². The molecule has 0 heterocycles. The zero-order chi connectivity index (χ0) is 11.1. The summed E-state index contributed by atoms with van der Waals surface area (Å²) in [5.41, 5.74) is 1.38. The highest BCUT2D eigenvalue weighted by atomic mass is 16.5. The number of esters is 1. The van der Waals surface area contributed by atoms with Crippen LogP contribution in [-0.4, -0.2) is 19.4 Å². The Morgan fingerprint density at radius 3 is 2.93 bits per heavy atom. The molecule has 0 N–H and O–H groups in total. The Kier molecular flexibility index (Phi) is 4.29. The third kappa shape index (κ3) is 3.38. The maximum absolute atomic E-state index is 11.2. The van der Waals surface area contributed by atoms with Crippen LogP contribution in [0, 0.1) is 0 Å². The molecule has 78 valence electrons. The molecule has 0 aliphatic carbocycles. The summed E-state index contributed by atoms with van der Waals surface area (Å²) in [6.07, 6.45) is 4.73. The molecule has 0 bridgehead atoms. The highest BCUT2D eigenvalue weighted by molar-refractivity contribution is 5.90. The molecular formula is C12H12O3. The number of carbonyl (C=O) groups is 2. The predicted molar refractivity (Wildman–Crippen MR) is 57.5 cm³/mol. The summed E-state index contributed by atoms with van der Waals surface area (Å²) in [5.74, 6) is -0.361. The first-order valence-electron chi connectivity index (χ1n) is 4.56. The Balaban J connectivity index is 2.82. The van der Waals surface area contributed by atoms with Gasteiger partial charge in [-0.1, -0.05) is 24.3 Å². The number of rotatable bonds is 4. The fourth-order valence-electron chi connectivity index (χ4n) is 1.15. The lowest BCUT2D eigenvalue weighted by molar-refractivity contribution is -0.107. The fourth-order valence-corrected chi connectivity index (χ4v) is 1.15. The molecule has 0 atom stereocenters. The van der Waals surface area contributed by atoms with Crippen LogP contribution in [0.3, 0.4) is 0 Å². The topological polar surface area (TPSA) is 43.4 Å². The summed E-state index contributed by atoms with van der Waals surface area (Å²) < 4.78 is 4.60. The van der Waals surface area contributed by atoms with Crippen LogP contribution in [-0.2, 0) is 9.53 Å². The van der Waals surface area contributed by atoms with Gasteiger partial charge in [0.25, 0.3) is 0 Å². The molecule has 0 saturated heterocycles. The number of benzene rings is 1. The fraction of sp³-hybridized carbons (Fsp3) is 0.167. The second kappa shape index (κ2) is 5.75. The molecule has 0 unspecified atom stereocenters. The minimum absolute atomic E-state index is 0.361. The molecule has 1 rings (SSSR count). The molecule has 3 heteroatoms. The highest BCUT2D eigenvalue weighted by Crippen LogP contribution is 2.08. The van der Waals surface area contributed by atoms with E-state index in [0.29, 0.717) is 12.0 Å². The third-order valence-electron chi connectivity index (χ3n) is 1.85. The summed E-state index contributed by atoms with van der Waals surface area (Å²) in [6, 6.07) is 7.02. The number of ether oxygens (including phenoxy) is 1. The van der Waals surface area contributed by atoms with Crippen LogP contribution >= 0.6 is 0 Å². The van der Waals surface area contributed by atoms with Crippen molar-refractivity contribution in [1.29, 1.82) is 0 Å². The molecule has 0 amide bonds. The number of hydrogen-bond acceptors (Lipinski definition) is 3. The summed E-state index contributed by atoms with van der Waals surface area (Å²) in [7, 11) is 1.34. The van der Waals surface area contributed by atoms with Crippen molar-refractivity contribution >= 4 is 18.3 Å². The minimum atomic E-state index is -0.361. The number of methoxy groups -OCH3 is 1. The van der Waals surface area contributed by atoms with Crippen LogP contribution in [0.15, 0.2) is 30.3 Å². The molecule has 1 aromatic carbocycles. The van der Waals surface area contributed by atoms with Gasteiger partial charge in [0.15, 0.2) is 0 Å². The van der Waals surface area contributed by atoms with E-state index in [0.717, 1.165) is 11.8 Å². The zero-order valence-corrected chi connectivity index (χ0v) is 8.47. The molecule has 3 nitrogen and oxygen atoms in total. The second-order valence-electron chi connectivity index (χ2n) is 2.92. The van der Waals surface area contributed by atoms with Gasteiger partial charge in [0.1, 0.15) is 6.29 Å². The van der Waals surface area contributed by atoms with Gasteiger partial charge in [0.05, 0.1) is 12.7 Å². The van der Waals surface area contributed by atoms with Crippen LogP contribution in [0.25, 0.3) is 6.08 Å². The van der Waals surface area contributed by atoms with Crippen LogP contribution in [0.2, 0.25) is 0 Å². The Morgan fingerprint density at radius 1 is 1.47 bits per heavy atom. The second-order valence-corrected chi connectivity index (χ2v) is 2.92. The molecular weight excluding hydrogens is 192 g/mol. The Hall–Kier alpha value is -1.90. The van der Waals surface area contributed by atoms with Gasteiger partial charge in [-0.15, -0.1) is 0 Å². The Labute approximate surface area is 88.4 Å². The van der Waals surface area contributed by atoms with Gasteiger partial charge in [0.2, 0.25) is 0 Å². The van der Waals surface area contributed by atoms with Crippen molar-refractivity contribution in [1.82, 2.24) is 0 Å². The third-order valence-corrected chi connectivity index (χ3v) is 1.85. The van der Waals surface area contributed by atoms with Crippen molar-refractivity contribution < 1.29 is 14.3 Å². The molecule has 0 aliphatic heterocycles. The van der Waals surface area contributed by atoms with Gasteiger partial charge >= 0.3 is 5.97 Å². The van der Waals surface area contributed by atoms with E-state index in [1.165, 1.54) is 7.11 Å². The lowest BCUT2D eigenvalue weighted by atomic mass is 10.1. The van der Waals surface area contributed by atoms with Crippen LogP contribution in [0.5, 0.6) is 0 Å². The molecule has 0 spiro atoms. The van der Waals surface area contributed by atoms with E-state index < -0.39 is 0 Å². The van der Waals surface area contributed by atoms with E-state index in [2.05, 4.69) is 4.74 Å². The molecule has 0 radical (unpaired) electrons. The lowest BCUT2D eigenvalue weighted by Gasteiger charge is -1.99. The SMILES string of the molecule is COC(=O)c1cccc(C=CCC=O)c1. The summed E-state index contributed by atoms with van der Waals surface area (Å²) >= 11 is 0. The first kappa shape index (κ1) is 11.2. The van der Waals surface area contributed by atoms with E-state index in [4.69, 9.17) is 0 Å². The summed E-state index contributed by atoms with van der Waals surface area (Å²) in [4.78, 5) is 21.3. The molecule has 0 fully saturated rings. The molecule has 0 saturated carbocycles. The van der Waals surface area contributed by atoms with E-state index in [-0.39, 0.29) is 5.97 Å². The first-order valence-corrected chi connectivity index (χ1v) is 4.56. The van der Waals surface area contributed by atoms with Gasteiger partial charge in [-0.25, -0.2) is 4.79 Å². The number of aldehydes is 1. The predicted octanol–water partition coefficient (Wildman–Crippen LogP) is 2.08. The smallest absolute Gasteiger partial charge is 0.337 e. The average molecular weight is 204 g/mol. The van der Waals surface area contributed by atoms with Gasteiger partial charge < -0.3 is 9.53 Å². The van der Waals surface area contributed by atoms with Crippen LogP contribution in [0.1, 0.15) is 22.3 Å². The van der Waals surface area contributed by atoms with Crippen LogP contribution < -0.4 is 0 Å². The minimum Gasteiger partial charge on any atom is -0.465 e. The van der Waals surface area contributed by atoms with Gasteiger partial charge in [-0.05, 0) is 17.7 Å². The Bertz CT molecular complexity index is 380. The lowest BCUT2D eigenvalue weighted by Crippen LogP contribution is -2.00. The summed E-state index contributed by atoms with van der Waals surface area (Å²) in [6.45, 7) is 0. The van der Waals surface area contributed by atoms with E-state index >= 15 is 0 Å². The van der Waals surface area contributed by atoms with Gasteiger partial charge in [-0.2, -0.15) is 0 Å². The molecule has 15 heavy (non-hydrogen) atoms. The Morgan fingerprint density at radius 2 is 2.27 bits per heavy atom. The van der Waals surface area contributed by atoms with Gasteiger partial charge in [0, 0.05) is 6.42 Å². The van der Waals surface area contributed by atoms with E-state index in [1.807, 2.05) is 6.07 Å². The normalized spacial score (nSPS) is 10.2. The van der Waals surface area contributed by atoms with Crippen LogP contribution in [0.4, 0.5) is 0 Å². The highest BCUT2D eigenvalue weighted by Gasteiger charge is 2.03. The number of allylic oxidation sites excluding steroid dienone is 1. The number of carbonyl (C=O) groups excluding carboxylic acids is 2. The maximum atomic E-state index is 11.2. The monoisotopic (exact) mass is 204 g/mol. The van der Waals surface area contributed by atoms with Crippen molar-refractivity contribution in [3.63, 3.8) is 0 Å². The molecule has 1 aromatic rings. The van der Waals surface area contributed by atoms with E-state index in [9.17, 15) is 9.59 Å². The molecule has 0 aliphatic rings. The van der Waals surface area contributed by atoms with Crippen molar-refractivity contribution in [2.24, 2.45) is 0 Å².